The summed E-state index contributed by atoms with van der Waals surface area (Å²) in [6, 6.07) is 15.5. The third-order valence-corrected chi connectivity index (χ3v) is 8.94. The van der Waals surface area contributed by atoms with Gasteiger partial charge in [0.1, 0.15) is 38.5 Å². The zero-order valence-electron chi connectivity index (χ0n) is 23.3. The number of hydrogen-bond donors (Lipinski definition) is 1. The number of amides is 1. The molecule has 0 saturated heterocycles. The summed E-state index contributed by atoms with van der Waals surface area (Å²) in [7, 11) is -5.83. The van der Waals surface area contributed by atoms with E-state index in [1.54, 1.807) is 37.3 Å². The Morgan fingerprint density at radius 2 is 1.64 bits per heavy atom. The number of nitrogens with zero attached hydrogens (tertiary/aromatic N) is 1. The van der Waals surface area contributed by atoms with Crippen molar-refractivity contribution in [2.45, 2.75) is 19.1 Å². The number of halogens is 1. The smallest absolute Gasteiger partial charge is 0.255 e. The molecule has 0 fully saturated rings. The fraction of sp³-hybridized carbons (Fsp3) is 0.276. The molecule has 1 N–H and O–H groups in total. The van der Waals surface area contributed by atoms with Crippen molar-refractivity contribution in [2.24, 2.45) is 0 Å². The van der Waals surface area contributed by atoms with E-state index in [1.807, 2.05) is 0 Å². The fourth-order valence-electron chi connectivity index (χ4n) is 4.99. The molecule has 0 bridgehead atoms. The number of sulfone groups is 1. The van der Waals surface area contributed by atoms with E-state index in [2.05, 4.69) is 5.32 Å². The summed E-state index contributed by atoms with van der Waals surface area (Å²) in [4.78, 5) is 13.1. The van der Waals surface area contributed by atoms with Crippen molar-refractivity contribution in [1.29, 1.82) is 0 Å². The first kappa shape index (κ1) is 29.5. The van der Waals surface area contributed by atoms with E-state index in [0.29, 0.717) is 28.0 Å². The maximum absolute atomic E-state index is 13.2. The van der Waals surface area contributed by atoms with Crippen LogP contribution in [0.2, 0.25) is 0 Å². The number of carbonyl (C=O) groups is 1. The Kier molecular flexibility index (Phi) is 7.77. The van der Waals surface area contributed by atoms with Crippen molar-refractivity contribution in [3.8, 4) is 22.8 Å². The lowest BCUT2D eigenvalue weighted by atomic mass is 10.0. The van der Waals surface area contributed by atoms with Gasteiger partial charge in [-0.1, -0.05) is 0 Å². The molecule has 1 amide bonds. The molecular formula is C29H29FN2O8S2. The lowest BCUT2D eigenvalue weighted by Gasteiger charge is -2.24. The van der Waals surface area contributed by atoms with Gasteiger partial charge in [0.25, 0.3) is 5.91 Å². The molecular weight excluding hydrogens is 587 g/mol. The van der Waals surface area contributed by atoms with Crippen molar-refractivity contribution in [3.63, 3.8) is 0 Å². The first-order valence-corrected chi connectivity index (χ1v) is 16.8. The van der Waals surface area contributed by atoms with Gasteiger partial charge in [-0.25, -0.2) is 21.2 Å². The Morgan fingerprint density at radius 1 is 1.02 bits per heavy atom. The molecule has 2 atom stereocenters. The molecule has 222 valence electrons. The average molecular weight is 617 g/mol. The van der Waals surface area contributed by atoms with Gasteiger partial charge in [-0.2, -0.15) is 0 Å². The van der Waals surface area contributed by atoms with Crippen molar-refractivity contribution in [2.75, 3.05) is 36.2 Å². The number of furan rings is 1. The summed E-state index contributed by atoms with van der Waals surface area (Å²) < 4.78 is 82.1. The minimum atomic E-state index is -3.85. The molecule has 0 aliphatic carbocycles. The standard InChI is InChI=1S/C29H29FN2O8S2/c1-17-23-13-24-26(14-25(23)32(42(4,36)37)15-22(38-17)16-41(3,34)35)40-28(27(24)29(33)31-2)18-5-9-20(10-6-18)39-21-11-7-19(30)8-12-21/h5-14,17,22H,15-16H2,1-4H3,(H,31,33)/t17-,22+/m0/s1. The molecule has 42 heavy (non-hydrogen) atoms. The van der Waals surface area contributed by atoms with Gasteiger partial charge in [-0.05, 0) is 61.5 Å². The van der Waals surface area contributed by atoms with E-state index in [0.717, 1.165) is 16.8 Å². The van der Waals surface area contributed by atoms with Gasteiger partial charge in [0.15, 0.2) is 0 Å². The number of ether oxygens (including phenoxy) is 2. The van der Waals surface area contributed by atoms with Crippen molar-refractivity contribution in [1.82, 2.24) is 5.32 Å². The summed E-state index contributed by atoms with van der Waals surface area (Å²) in [6.45, 7) is 1.49. The Labute approximate surface area is 243 Å². The highest BCUT2D eigenvalue weighted by Crippen LogP contribution is 2.42. The number of benzene rings is 3. The van der Waals surface area contributed by atoms with Gasteiger partial charge in [0, 0.05) is 35.9 Å². The number of hydrogen-bond acceptors (Lipinski definition) is 8. The minimum absolute atomic E-state index is 0.208. The molecule has 10 nitrogen and oxygen atoms in total. The van der Waals surface area contributed by atoms with Crippen LogP contribution < -0.4 is 14.4 Å². The van der Waals surface area contributed by atoms with Crippen LogP contribution >= 0.6 is 0 Å². The molecule has 13 heteroatoms. The molecule has 2 heterocycles. The lowest BCUT2D eigenvalue weighted by molar-refractivity contribution is 0.0193. The summed E-state index contributed by atoms with van der Waals surface area (Å²) in [5.41, 5.74) is 1.79. The summed E-state index contributed by atoms with van der Waals surface area (Å²) in [6.07, 6.45) is 0.498. The molecule has 3 aromatic carbocycles. The van der Waals surface area contributed by atoms with E-state index >= 15 is 0 Å². The Morgan fingerprint density at radius 3 is 2.21 bits per heavy atom. The van der Waals surface area contributed by atoms with Crippen molar-refractivity contribution in [3.05, 3.63) is 77.6 Å². The SMILES string of the molecule is CNC(=O)c1c(-c2ccc(Oc3ccc(F)cc3)cc2)oc2cc3c(cc12)[C@H](C)O[C@@H](CS(C)(=O)=O)CN3S(C)(=O)=O. The Balaban J connectivity index is 1.60. The number of anilines is 1. The summed E-state index contributed by atoms with van der Waals surface area (Å²) in [5, 5.41) is 3.06. The predicted molar refractivity (Wildman–Crippen MR) is 157 cm³/mol. The second-order valence-corrected chi connectivity index (χ2v) is 14.3. The van der Waals surface area contributed by atoms with Crippen molar-refractivity contribution < 1.29 is 39.9 Å². The zero-order chi connectivity index (χ0) is 30.4. The van der Waals surface area contributed by atoms with Gasteiger partial charge >= 0.3 is 0 Å². The van der Waals surface area contributed by atoms with E-state index in [4.69, 9.17) is 13.9 Å². The van der Waals surface area contributed by atoms with Gasteiger partial charge in [-0.15, -0.1) is 0 Å². The average Bonchev–Trinajstić information content (AvgIpc) is 3.22. The first-order valence-electron chi connectivity index (χ1n) is 12.9. The summed E-state index contributed by atoms with van der Waals surface area (Å²) >= 11 is 0. The van der Waals surface area contributed by atoms with Crippen molar-refractivity contribution >= 4 is 42.4 Å². The normalized spacial score (nSPS) is 17.5. The maximum Gasteiger partial charge on any atom is 0.255 e. The topological polar surface area (TPSA) is 132 Å². The van der Waals surface area contributed by atoms with Gasteiger partial charge in [0.2, 0.25) is 10.0 Å². The number of sulfonamides is 1. The second kappa shape index (κ2) is 11.0. The molecule has 0 saturated carbocycles. The predicted octanol–water partition coefficient (Wildman–Crippen LogP) is 4.66. The van der Waals surface area contributed by atoms with Crippen LogP contribution in [-0.4, -0.2) is 60.7 Å². The number of carbonyl (C=O) groups excluding carboxylic acids is 1. The highest BCUT2D eigenvalue weighted by molar-refractivity contribution is 7.92. The Bertz CT molecular complexity index is 1870. The van der Waals surface area contributed by atoms with E-state index in [1.165, 1.54) is 37.4 Å². The molecule has 0 radical (unpaired) electrons. The summed E-state index contributed by atoms with van der Waals surface area (Å²) in [5.74, 6) is 0.0249. The van der Waals surface area contributed by atoms with Crippen LogP contribution in [0.1, 0.15) is 28.9 Å². The molecule has 1 aliphatic rings. The highest BCUT2D eigenvalue weighted by Gasteiger charge is 2.35. The van der Waals surface area contributed by atoms with Crippen LogP contribution in [0.4, 0.5) is 10.1 Å². The van der Waals surface area contributed by atoms with Gasteiger partial charge in [0.05, 0.1) is 42.0 Å². The largest absolute Gasteiger partial charge is 0.457 e. The number of nitrogens with one attached hydrogen (secondary N) is 1. The van der Waals surface area contributed by atoms with Gasteiger partial charge < -0.3 is 19.2 Å². The molecule has 4 aromatic rings. The van der Waals surface area contributed by atoms with Crippen LogP contribution in [-0.2, 0) is 24.6 Å². The third kappa shape index (κ3) is 6.13. The third-order valence-electron chi connectivity index (χ3n) is 6.82. The van der Waals surface area contributed by atoms with E-state index in [9.17, 15) is 26.0 Å². The molecule has 5 rings (SSSR count). The quantitative estimate of drug-likeness (QED) is 0.317. The Hall–Kier alpha value is -3.94. The monoisotopic (exact) mass is 616 g/mol. The van der Waals surface area contributed by atoms with Crippen LogP contribution in [0, 0.1) is 5.82 Å². The lowest BCUT2D eigenvalue weighted by Crippen LogP contribution is -2.39. The van der Waals surface area contributed by atoms with E-state index in [-0.39, 0.29) is 40.7 Å². The minimum Gasteiger partial charge on any atom is -0.457 e. The maximum atomic E-state index is 13.2. The van der Waals surface area contributed by atoms with E-state index < -0.39 is 38.0 Å². The van der Waals surface area contributed by atoms with Crippen LogP contribution in [0.25, 0.3) is 22.3 Å². The van der Waals surface area contributed by atoms with Crippen LogP contribution in [0.15, 0.2) is 65.1 Å². The highest BCUT2D eigenvalue weighted by atomic mass is 32.2. The van der Waals surface area contributed by atoms with Crippen LogP contribution in [0.5, 0.6) is 11.5 Å². The number of rotatable bonds is 7. The molecule has 1 aliphatic heterocycles. The fourth-order valence-corrected chi connectivity index (χ4v) is 6.80. The van der Waals surface area contributed by atoms with Gasteiger partial charge in [-0.3, -0.25) is 9.10 Å². The molecule has 0 spiro atoms. The van der Waals surface area contributed by atoms with Crippen LogP contribution in [0.3, 0.4) is 0 Å². The molecule has 0 unspecified atom stereocenters. The first-order chi connectivity index (χ1) is 19.7. The molecule has 1 aromatic heterocycles. The number of fused-ring (bicyclic) bond motifs is 2. The second-order valence-electron chi connectivity index (χ2n) is 10.2. The zero-order valence-corrected chi connectivity index (χ0v) is 24.9.